The Morgan fingerprint density at radius 3 is 2.08 bits per heavy atom. The summed E-state index contributed by atoms with van der Waals surface area (Å²) in [5.41, 5.74) is 3.29. The van der Waals surface area contributed by atoms with Gasteiger partial charge >= 0.3 is 5.97 Å². The number of aliphatic imine (C=N–C) groups is 1. The Balaban J connectivity index is 1.87. The first kappa shape index (κ1) is 27.0. The summed E-state index contributed by atoms with van der Waals surface area (Å²) in [6, 6.07) is 9.22. The van der Waals surface area contributed by atoms with Gasteiger partial charge in [0.2, 0.25) is 5.75 Å². The average molecular weight is 524 g/mol. The first-order chi connectivity index (χ1) is 18.3. The van der Waals surface area contributed by atoms with Gasteiger partial charge in [0, 0.05) is 34.9 Å². The van der Waals surface area contributed by atoms with E-state index in [9.17, 15) is 9.59 Å². The number of ketones is 1. The SMILES string of the molecule is COC(=O)C1C(C)=NC2=C(C(=O)C[C@@H](c3ccc(OC)c(OC)c3)C2)[C@@H]1c1ccc(OC)c(OC)c1OC. The fourth-order valence-corrected chi connectivity index (χ4v) is 5.54. The predicted octanol–water partition coefficient (Wildman–Crippen LogP) is 4.48. The van der Waals surface area contributed by atoms with Gasteiger partial charge < -0.3 is 28.4 Å². The first-order valence-electron chi connectivity index (χ1n) is 12.2. The third kappa shape index (κ3) is 4.57. The molecule has 0 saturated carbocycles. The molecule has 0 aromatic heterocycles. The number of methoxy groups -OCH3 is 6. The third-order valence-electron chi connectivity index (χ3n) is 7.29. The van der Waals surface area contributed by atoms with Crippen molar-refractivity contribution in [3.63, 3.8) is 0 Å². The van der Waals surface area contributed by atoms with Gasteiger partial charge in [-0.3, -0.25) is 14.6 Å². The number of carbonyl (C=O) groups is 2. The standard InChI is InChI=1S/C29H33NO8/c1-15-24(29(32)38-7)25(18-9-11-22(34-3)28(37-6)27(18)36-5)26-19(30-15)12-17(13-20(26)31)16-8-10-21(33-2)23(14-16)35-4/h8-11,14,17,24-25H,12-13H2,1-7H3/t17-,24?,25+/m0/s1. The van der Waals surface area contributed by atoms with E-state index < -0.39 is 17.8 Å². The minimum Gasteiger partial charge on any atom is -0.493 e. The highest BCUT2D eigenvalue weighted by Gasteiger charge is 2.46. The minimum absolute atomic E-state index is 0.0852. The van der Waals surface area contributed by atoms with Crippen molar-refractivity contribution in [2.75, 3.05) is 42.7 Å². The quantitative estimate of drug-likeness (QED) is 0.467. The fourth-order valence-electron chi connectivity index (χ4n) is 5.54. The summed E-state index contributed by atoms with van der Waals surface area (Å²) < 4.78 is 32.8. The molecule has 2 aromatic carbocycles. The highest BCUT2D eigenvalue weighted by Crippen LogP contribution is 2.52. The van der Waals surface area contributed by atoms with E-state index in [1.807, 2.05) is 18.2 Å². The molecule has 9 nitrogen and oxygen atoms in total. The Kier molecular flexibility index (Phi) is 7.94. The van der Waals surface area contributed by atoms with Gasteiger partial charge in [0.25, 0.3) is 0 Å². The van der Waals surface area contributed by atoms with Crippen LogP contribution in [-0.4, -0.2) is 60.1 Å². The summed E-state index contributed by atoms with van der Waals surface area (Å²) in [7, 11) is 9.06. The molecule has 3 atom stereocenters. The van der Waals surface area contributed by atoms with E-state index in [1.165, 1.54) is 28.4 Å². The molecule has 1 unspecified atom stereocenters. The maximum atomic E-state index is 13.9. The molecule has 0 fully saturated rings. The van der Waals surface area contributed by atoms with Gasteiger partial charge in [0.1, 0.15) is 5.92 Å². The number of esters is 1. The lowest BCUT2D eigenvalue weighted by molar-refractivity contribution is -0.143. The van der Waals surface area contributed by atoms with Crippen molar-refractivity contribution >= 4 is 17.5 Å². The smallest absolute Gasteiger partial charge is 0.315 e. The number of ether oxygens (including phenoxy) is 6. The predicted molar refractivity (Wildman–Crippen MR) is 141 cm³/mol. The summed E-state index contributed by atoms with van der Waals surface area (Å²) in [4.78, 5) is 31.7. The van der Waals surface area contributed by atoms with Crippen LogP contribution >= 0.6 is 0 Å². The lowest BCUT2D eigenvalue weighted by atomic mass is 9.69. The molecule has 1 aliphatic heterocycles. The van der Waals surface area contributed by atoms with E-state index in [1.54, 1.807) is 33.3 Å². The zero-order valence-corrected chi connectivity index (χ0v) is 22.7. The number of benzene rings is 2. The summed E-state index contributed by atoms with van der Waals surface area (Å²) in [5.74, 6) is 0.322. The van der Waals surface area contributed by atoms with Crippen LogP contribution in [0.5, 0.6) is 28.7 Å². The fraction of sp³-hybridized carbons (Fsp3) is 0.414. The number of Topliss-reactive ketones (excluding diaryl/α,β-unsaturated/α-hetero) is 1. The van der Waals surface area contributed by atoms with Gasteiger partial charge in [0.15, 0.2) is 28.8 Å². The second kappa shape index (κ2) is 11.2. The molecule has 0 N–H and O–H groups in total. The van der Waals surface area contributed by atoms with E-state index in [0.717, 1.165) is 5.56 Å². The highest BCUT2D eigenvalue weighted by atomic mass is 16.5. The van der Waals surface area contributed by atoms with E-state index in [2.05, 4.69) is 0 Å². The molecule has 9 heteroatoms. The number of rotatable bonds is 8. The molecule has 2 aromatic rings. The van der Waals surface area contributed by atoms with Crippen molar-refractivity contribution in [3.05, 3.63) is 52.7 Å². The Bertz CT molecular complexity index is 1310. The maximum Gasteiger partial charge on any atom is 0.315 e. The maximum absolute atomic E-state index is 13.9. The Morgan fingerprint density at radius 2 is 1.47 bits per heavy atom. The Hall–Kier alpha value is -4.01. The topological polar surface area (TPSA) is 102 Å². The van der Waals surface area contributed by atoms with Crippen LogP contribution in [0.4, 0.5) is 0 Å². The van der Waals surface area contributed by atoms with E-state index in [0.29, 0.717) is 57.7 Å². The third-order valence-corrected chi connectivity index (χ3v) is 7.29. The van der Waals surface area contributed by atoms with E-state index >= 15 is 0 Å². The van der Waals surface area contributed by atoms with E-state index in [-0.39, 0.29) is 18.1 Å². The lowest BCUT2D eigenvalue weighted by Gasteiger charge is -2.37. The molecule has 202 valence electrons. The number of carbonyl (C=O) groups excluding carboxylic acids is 2. The molecular formula is C29H33NO8. The second-order valence-corrected chi connectivity index (χ2v) is 9.16. The first-order valence-corrected chi connectivity index (χ1v) is 12.2. The second-order valence-electron chi connectivity index (χ2n) is 9.16. The highest BCUT2D eigenvalue weighted by molar-refractivity contribution is 6.09. The molecule has 1 heterocycles. The van der Waals surface area contributed by atoms with Crippen molar-refractivity contribution in [1.29, 1.82) is 0 Å². The molecule has 0 saturated heterocycles. The Morgan fingerprint density at radius 1 is 0.816 bits per heavy atom. The van der Waals surface area contributed by atoms with Crippen LogP contribution in [0.1, 0.15) is 42.7 Å². The van der Waals surface area contributed by atoms with Crippen LogP contribution in [-0.2, 0) is 14.3 Å². The number of allylic oxidation sites excluding steroid dienone is 2. The normalized spacial score (nSPS) is 20.8. The molecule has 0 bridgehead atoms. The van der Waals surface area contributed by atoms with Gasteiger partial charge in [-0.1, -0.05) is 12.1 Å². The molecule has 0 radical (unpaired) electrons. The van der Waals surface area contributed by atoms with E-state index in [4.69, 9.17) is 33.4 Å². The van der Waals surface area contributed by atoms with Gasteiger partial charge in [-0.15, -0.1) is 0 Å². The number of nitrogens with zero attached hydrogens (tertiary/aromatic N) is 1. The number of hydrogen-bond acceptors (Lipinski definition) is 9. The molecule has 4 rings (SSSR count). The van der Waals surface area contributed by atoms with Crippen LogP contribution in [0.25, 0.3) is 0 Å². The van der Waals surface area contributed by atoms with Crippen LogP contribution in [0.3, 0.4) is 0 Å². The summed E-state index contributed by atoms with van der Waals surface area (Å²) in [6.07, 6.45) is 0.775. The van der Waals surface area contributed by atoms with Gasteiger partial charge in [0.05, 0.1) is 42.7 Å². The largest absolute Gasteiger partial charge is 0.493 e. The molecule has 2 aliphatic rings. The zero-order valence-electron chi connectivity index (χ0n) is 22.7. The molecule has 0 amide bonds. The average Bonchev–Trinajstić information content (AvgIpc) is 2.94. The minimum atomic E-state index is -0.799. The molecule has 0 spiro atoms. The van der Waals surface area contributed by atoms with Crippen LogP contribution in [0, 0.1) is 5.92 Å². The van der Waals surface area contributed by atoms with Crippen molar-refractivity contribution in [2.45, 2.75) is 31.6 Å². The molecule has 1 aliphatic carbocycles. The van der Waals surface area contributed by atoms with Crippen molar-refractivity contribution < 1.29 is 38.0 Å². The van der Waals surface area contributed by atoms with Crippen LogP contribution in [0.15, 0.2) is 46.6 Å². The number of hydrogen-bond donors (Lipinski definition) is 0. The van der Waals surface area contributed by atoms with Gasteiger partial charge in [-0.25, -0.2) is 0 Å². The van der Waals surface area contributed by atoms with Crippen LogP contribution < -0.4 is 23.7 Å². The monoisotopic (exact) mass is 523 g/mol. The van der Waals surface area contributed by atoms with Gasteiger partial charge in [-0.2, -0.15) is 0 Å². The summed E-state index contributed by atoms with van der Waals surface area (Å²) in [5, 5.41) is 0. The van der Waals surface area contributed by atoms with Crippen molar-refractivity contribution in [2.24, 2.45) is 10.9 Å². The van der Waals surface area contributed by atoms with Crippen LogP contribution in [0.2, 0.25) is 0 Å². The molecular weight excluding hydrogens is 490 g/mol. The van der Waals surface area contributed by atoms with Crippen molar-refractivity contribution in [3.8, 4) is 28.7 Å². The summed E-state index contributed by atoms with van der Waals surface area (Å²) >= 11 is 0. The van der Waals surface area contributed by atoms with Gasteiger partial charge in [-0.05, 0) is 43.0 Å². The van der Waals surface area contributed by atoms with Crippen molar-refractivity contribution in [1.82, 2.24) is 0 Å². The summed E-state index contributed by atoms with van der Waals surface area (Å²) in [6.45, 7) is 1.79. The molecule has 38 heavy (non-hydrogen) atoms. The lowest BCUT2D eigenvalue weighted by Crippen LogP contribution is -2.38. The zero-order chi connectivity index (χ0) is 27.6. The Labute approximate surface area is 222 Å².